The second kappa shape index (κ2) is 6.40. The fourth-order valence-electron chi connectivity index (χ4n) is 2.26. The summed E-state index contributed by atoms with van der Waals surface area (Å²) in [4.78, 5) is 0. The second-order valence-electron chi connectivity index (χ2n) is 4.82. The van der Waals surface area contributed by atoms with Crippen LogP contribution in [0.15, 0.2) is 27.1 Å². The third kappa shape index (κ3) is 3.49. The minimum absolute atomic E-state index is 0.0541. The molecule has 2 rings (SSSR count). The zero-order valence-electron chi connectivity index (χ0n) is 10.6. The summed E-state index contributed by atoms with van der Waals surface area (Å²) in [6.45, 7) is 4.20. The average molecular weight is 377 g/mol. The van der Waals surface area contributed by atoms with Crippen molar-refractivity contribution >= 4 is 31.9 Å². The largest absolute Gasteiger partial charge is 0.486 e. The predicted molar refractivity (Wildman–Crippen MR) is 82.2 cm³/mol. The zero-order valence-corrected chi connectivity index (χ0v) is 13.8. The molecule has 1 saturated carbocycles. The molecule has 1 aliphatic carbocycles. The summed E-state index contributed by atoms with van der Waals surface area (Å²) in [6.07, 6.45) is 4.70. The molecule has 1 N–H and O–H groups in total. The van der Waals surface area contributed by atoms with Crippen LogP contribution in [0.25, 0.3) is 0 Å². The van der Waals surface area contributed by atoms with E-state index in [1.165, 1.54) is 19.3 Å². The van der Waals surface area contributed by atoms with Crippen LogP contribution in [0.5, 0.6) is 5.75 Å². The van der Waals surface area contributed by atoms with Crippen LogP contribution >= 0.6 is 31.9 Å². The lowest BCUT2D eigenvalue weighted by Crippen LogP contribution is -2.45. The Balaban J connectivity index is 2.01. The van der Waals surface area contributed by atoms with Gasteiger partial charge in [-0.2, -0.15) is 0 Å². The average Bonchev–Trinajstić information content (AvgIpc) is 2.29. The number of halogens is 2. The standard InChI is InChI=1S/C14H19Br2NO/c1-2-17-9-8-14(6-3-7-14)18-13-5-4-11(15)10-12(13)16/h4-5,10,17H,2-3,6-9H2,1H3. The first-order chi connectivity index (χ1) is 8.65. The van der Waals surface area contributed by atoms with Gasteiger partial charge in [0.2, 0.25) is 0 Å². The lowest BCUT2D eigenvalue weighted by Gasteiger charge is -2.42. The molecule has 0 bridgehead atoms. The molecule has 0 saturated heterocycles. The summed E-state index contributed by atoms with van der Waals surface area (Å²) in [6, 6.07) is 6.09. The number of ether oxygens (including phenoxy) is 1. The Morgan fingerprint density at radius 1 is 1.33 bits per heavy atom. The predicted octanol–water partition coefficient (Wildman–Crippen LogP) is 4.51. The first-order valence-electron chi connectivity index (χ1n) is 6.50. The van der Waals surface area contributed by atoms with Crippen LogP contribution in [0, 0.1) is 0 Å². The van der Waals surface area contributed by atoms with Gasteiger partial charge in [0, 0.05) is 4.47 Å². The van der Waals surface area contributed by atoms with Crippen molar-refractivity contribution < 1.29 is 4.74 Å². The van der Waals surface area contributed by atoms with Gasteiger partial charge in [-0.25, -0.2) is 0 Å². The van der Waals surface area contributed by atoms with Crippen molar-refractivity contribution in [1.29, 1.82) is 0 Å². The number of hydrogen-bond acceptors (Lipinski definition) is 2. The van der Waals surface area contributed by atoms with Crippen molar-refractivity contribution in [2.24, 2.45) is 0 Å². The van der Waals surface area contributed by atoms with Gasteiger partial charge in [-0.05, 0) is 72.9 Å². The van der Waals surface area contributed by atoms with E-state index in [9.17, 15) is 0 Å². The minimum Gasteiger partial charge on any atom is -0.486 e. The maximum absolute atomic E-state index is 6.26. The van der Waals surface area contributed by atoms with Crippen molar-refractivity contribution in [3.05, 3.63) is 27.1 Å². The maximum atomic E-state index is 6.26. The first-order valence-corrected chi connectivity index (χ1v) is 8.09. The molecular weight excluding hydrogens is 358 g/mol. The molecular formula is C14H19Br2NO. The van der Waals surface area contributed by atoms with Gasteiger partial charge in [0.1, 0.15) is 11.4 Å². The van der Waals surface area contributed by atoms with E-state index in [4.69, 9.17) is 4.74 Å². The van der Waals surface area contributed by atoms with Crippen LogP contribution in [-0.2, 0) is 0 Å². The molecule has 0 radical (unpaired) electrons. The van der Waals surface area contributed by atoms with Gasteiger partial charge in [-0.1, -0.05) is 22.9 Å². The van der Waals surface area contributed by atoms with E-state index in [1.54, 1.807) is 0 Å². The van der Waals surface area contributed by atoms with Crippen LogP contribution < -0.4 is 10.1 Å². The Morgan fingerprint density at radius 2 is 2.11 bits per heavy atom. The van der Waals surface area contributed by atoms with Gasteiger partial charge < -0.3 is 10.1 Å². The highest BCUT2D eigenvalue weighted by Crippen LogP contribution is 2.41. The fraction of sp³-hybridized carbons (Fsp3) is 0.571. The van der Waals surface area contributed by atoms with Crippen molar-refractivity contribution in [1.82, 2.24) is 5.32 Å². The lowest BCUT2D eigenvalue weighted by atomic mass is 9.77. The Labute approximate surface area is 126 Å². The van der Waals surface area contributed by atoms with Gasteiger partial charge in [0.15, 0.2) is 0 Å². The van der Waals surface area contributed by atoms with E-state index in [-0.39, 0.29) is 5.60 Å². The molecule has 0 unspecified atom stereocenters. The molecule has 1 aliphatic rings. The number of benzene rings is 1. The van der Waals surface area contributed by atoms with Gasteiger partial charge in [-0.3, -0.25) is 0 Å². The van der Waals surface area contributed by atoms with Crippen LogP contribution in [0.1, 0.15) is 32.6 Å². The summed E-state index contributed by atoms with van der Waals surface area (Å²) in [7, 11) is 0. The normalized spacial score (nSPS) is 17.3. The Bertz CT molecular complexity index is 405. The van der Waals surface area contributed by atoms with Gasteiger partial charge in [0.05, 0.1) is 4.47 Å². The van der Waals surface area contributed by atoms with Crippen LogP contribution in [0.4, 0.5) is 0 Å². The van der Waals surface area contributed by atoms with Gasteiger partial charge >= 0.3 is 0 Å². The Morgan fingerprint density at radius 3 is 2.67 bits per heavy atom. The van der Waals surface area contributed by atoms with E-state index in [0.29, 0.717) is 0 Å². The third-order valence-corrected chi connectivity index (χ3v) is 4.61. The molecule has 0 aromatic heterocycles. The molecule has 1 aromatic rings. The molecule has 4 heteroatoms. The summed E-state index contributed by atoms with van der Waals surface area (Å²) in [5, 5.41) is 3.38. The molecule has 0 amide bonds. The van der Waals surface area contributed by atoms with E-state index in [2.05, 4.69) is 44.1 Å². The fourth-order valence-corrected chi connectivity index (χ4v) is 3.39. The summed E-state index contributed by atoms with van der Waals surface area (Å²) >= 11 is 7.03. The van der Waals surface area contributed by atoms with E-state index >= 15 is 0 Å². The molecule has 100 valence electrons. The Kier molecular flexibility index (Phi) is 5.10. The molecule has 1 fully saturated rings. The molecule has 0 spiro atoms. The van der Waals surface area contributed by atoms with Gasteiger partial charge in [-0.15, -0.1) is 0 Å². The second-order valence-corrected chi connectivity index (χ2v) is 6.59. The SMILES string of the molecule is CCNCCC1(Oc2ccc(Br)cc2Br)CCC1. The number of nitrogens with one attached hydrogen (secondary N) is 1. The Hall–Kier alpha value is -0.0600. The van der Waals surface area contributed by atoms with E-state index in [1.807, 2.05) is 18.2 Å². The molecule has 0 atom stereocenters. The zero-order chi connectivity index (χ0) is 13.0. The number of rotatable bonds is 6. The van der Waals surface area contributed by atoms with Crippen LogP contribution in [0.2, 0.25) is 0 Å². The summed E-state index contributed by atoms with van der Waals surface area (Å²) < 4.78 is 8.35. The highest BCUT2D eigenvalue weighted by Gasteiger charge is 2.39. The molecule has 0 aliphatic heterocycles. The maximum Gasteiger partial charge on any atom is 0.134 e. The third-order valence-electron chi connectivity index (χ3n) is 3.49. The van der Waals surface area contributed by atoms with E-state index in [0.717, 1.165) is 34.2 Å². The molecule has 2 nitrogen and oxygen atoms in total. The summed E-state index contributed by atoms with van der Waals surface area (Å²) in [5.41, 5.74) is 0.0541. The minimum atomic E-state index is 0.0541. The highest BCUT2D eigenvalue weighted by molar-refractivity contribution is 9.11. The number of hydrogen-bond donors (Lipinski definition) is 1. The van der Waals surface area contributed by atoms with Crippen LogP contribution in [0.3, 0.4) is 0 Å². The monoisotopic (exact) mass is 375 g/mol. The van der Waals surface area contributed by atoms with Crippen molar-refractivity contribution in [3.63, 3.8) is 0 Å². The van der Waals surface area contributed by atoms with Crippen molar-refractivity contribution in [2.75, 3.05) is 13.1 Å². The molecule has 0 heterocycles. The van der Waals surface area contributed by atoms with E-state index < -0.39 is 0 Å². The van der Waals surface area contributed by atoms with Crippen LogP contribution in [-0.4, -0.2) is 18.7 Å². The van der Waals surface area contributed by atoms with Gasteiger partial charge in [0.25, 0.3) is 0 Å². The first kappa shape index (κ1) is 14.4. The molecule has 18 heavy (non-hydrogen) atoms. The highest BCUT2D eigenvalue weighted by atomic mass is 79.9. The smallest absolute Gasteiger partial charge is 0.134 e. The van der Waals surface area contributed by atoms with Crippen molar-refractivity contribution in [2.45, 2.75) is 38.2 Å². The van der Waals surface area contributed by atoms with Crippen molar-refractivity contribution in [3.8, 4) is 5.75 Å². The summed E-state index contributed by atoms with van der Waals surface area (Å²) in [5.74, 6) is 0.953. The topological polar surface area (TPSA) is 21.3 Å². The quantitative estimate of drug-likeness (QED) is 0.737. The lowest BCUT2D eigenvalue weighted by molar-refractivity contribution is -0.0147. The molecule has 1 aromatic carbocycles.